The van der Waals surface area contributed by atoms with E-state index in [1.54, 1.807) is 0 Å². The number of rotatable bonds is 0. The topological polar surface area (TPSA) is 26.3 Å². The highest BCUT2D eigenvalue weighted by Crippen LogP contribution is 2.24. The molecule has 1 aromatic rings. The zero-order chi connectivity index (χ0) is 8.72. The molecule has 0 unspecified atom stereocenters. The van der Waals surface area contributed by atoms with E-state index in [9.17, 15) is 4.79 Å². The van der Waals surface area contributed by atoms with Gasteiger partial charge in [-0.25, -0.2) is 4.79 Å². The molecule has 1 aromatic carbocycles. The van der Waals surface area contributed by atoms with Crippen LogP contribution >= 0.6 is 0 Å². The predicted molar refractivity (Wildman–Crippen MR) is 45.0 cm³/mol. The van der Waals surface area contributed by atoms with Crippen LogP contribution in [0.1, 0.15) is 27.0 Å². The Balaban J connectivity index is 2.68. The highest BCUT2D eigenvalue weighted by molar-refractivity contribution is 5.94. The number of hydrogen-bond acceptors (Lipinski definition) is 2. The standard InChI is InChI=1S/C10H10O2/c1-6-3-7(2)9-8(4-6)5-12-10(9)11/h3-4H,5H2,1-2H3. The molecular formula is C10H10O2. The van der Waals surface area contributed by atoms with E-state index in [0.29, 0.717) is 6.61 Å². The van der Waals surface area contributed by atoms with Gasteiger partial charge in [0.2, 0.25) is 0 Å². The molecule has 1 heterocycles. The predicted octanol–water partition coefficient (Wildman–Crippen LogP) is 1.97. The number of carbonyl (C=O) groups is 1. The van der Waals surface area contributed by atoms with Gasteiger partial charge in [0, 0.05) is 5.56 Å². The second kappa shape index (κ2) is 2.34. The van der Waals surface area contributed by atoms with Gasteiger partial charge in [-0.1, -0.05) is 17.7 Å². The number of aryl methyl sites for hydroxylation is 2. The molecule has 0 atom stereocenters. The molecule has 0 aliphatic carbocycles. The minimum atomic E-state index is -0.178. The maximum Gasteiger partial charge on any atom is 0.339 e. The molecule has 0 amide bonds. The normalized spacial score (nSPS) is 14.3. The summed E-state index contributed by atoms with van der Waals surface area (Å²) in [6.45, 7) is 4.41. The molecule has 2 nitrogen and oxygen atoms in total. The molecule has 0 saturated carbocycles. The second-order valence-electron chi connectivity index (χ2n) is 3.19. The monoisotopic (exact) mass is 162 g/mol. The van der Waals surface area contributed by atoms with Crippen molar-refractivity contribution in [1.29, 1.82) is 0 Å². The Morgan fingerprint density at radius 1 is 1.33 bits per heavy atom. The molecule has 0 bridgehead atoms. The van der Waals surface area contributed by atoms with Crippen LogP contribution in [0.15, 0.2) is 12.1 Å². The fraction of sp³-hybridized carbons (Fsp3) is 0.300. The fourth-order valence-corrected chi connectivity index (χ4v) is 1.68. The smallest absolute Gasteiger partial charge is 0.339 e. The largest absolute Gasteiger partial charge is 0.457 e. The lowest BCUT2D eigenvalue weighted by atomic mass is 10.0. The van der Waals surface area contributed by atoms with Gasteiger partial charge in [0.05, 0.1) is 5.56 Å². The molecule has 12 heavy (non-hydrogen) atoms. The fourth-order valence-electron chi connectivity index (χ4n) is 1.68. The van der Waals surface area contributed by atoms with Crippen molar-refractivity contribution in [2.45, 2.75) is 20.5 Å². The number of carbonyl (C=O) groups excluding carboxylic acids is 1. The first-order valence-electron chi connectivity index (χ1n) is 3.96. The van der Waals surface area contributed by atoms with Gasteiger partial charge in [-0.05, 0) is 19.4 Å². The van der Waals surface area contributed by atoms with Gasteiger partial charge in [-0.2, -0.15) is 0 Å². The molecule has 0 aromatic heterocycles. The molecule has 0 fully saturated rings. The zero-order valence-corrected chi connectivity index (χ0v) is 7.18. The van der Waals surface area contributed by atoms with Crippen molar-refractivity contribution in [2.24, 2.45) is 0 Å². The number of esters is 1. The van der Waals surface area contributed by atoms with Gasteiger partial charge in [-0.3, -0.25) is 0 Å². The van der Waals surface area contributed by atoms with Crippen molar-refractivity contribution < 1.29 is 9.53 Å². The molecule has 0 spiro atoms. The van der Waals surface area contributed by atoms with Gasteiger partial charge in [0.15, 0.2) is 0 Å². The molecule has 2 rings (SSSR count). The summed E-state index contributed by atoms with van der Waals surface area (Å²) in [5, 5.41) is 0. The van der Waals surface area contributed by atoms with Gasteiger partial charge < -0.3 is 4.74 Å². The van der Waals surface area contributed by atoms with Crippen LogP contribution in [0.3, 0.4) is 0 Å². The first-order chi connectivity index (χ1) is 5.68. The molecule has 0 N–H and O–H groups in total. The Bertz CT molecular complexity index is 353. The average Bonchev–Trinajstić information content (AvgIpc) is 2.31. The number of hydrogen-bond donors (Lipinski definition) is 0. The third-order valence-electron chi connectivity index (χ3n) is 2.12. The summed E-state index contributed by atoms with van der Waals surface area (Å²) < 4.78 is 4.92. The Morgan fingerprint density at radius 2 is 2.08 bits per heavy atom. The van der Waals surface area contributed by atoms with Crippen LogP contribution in [0, 0.1) is 13.8 Å². The number of ether oxygens (including phenoxy) is 1. The summed E-state index contributed by atoms with van der Waals surface area (Å²) >= 11 is 0. The van der Waals surface area contributed by atoms with E-state index < -0.39 is 0 Å². The SMILES string of the molecule is Cc1cc(C)c2c(c1)COC2=O. The Hall–Kier alpha value is -1.31. The summed E-state index contributed by atoms with van der Waals surface area (Å²) in [6, 6.07) is 4.01. The van der Waals surface area contributed by atoms with Gasteiger partial charge in [0.25, 0.3) is 0 Å². The van der Waals surface area contributed by atoms with Gasteiger partial charge in [0.1, 0.15) is 6.61 Å². The molecule has 0 radical (unpaired) electrons. The highest BCUT2D eigenvalue weighted by Gasteiger charge is 2.22. The molecule has 1 aliphatic heterocycles. The molecule has 1 aliphatic rings. The van der Waals surface area contributed by atoms with Crippen LogP contribution in [0.5, 0.6) is 0 Å². The van der Waals surface area contributed by atoms with E-state index in [1.165, 1.54) is 5.56 Å². The third kappa shape index (κ3) is 0.916. The van der Waals surface area contributed by atoms with Gasteiger partial charge in [-0.15, -0.1) is 0 Å². The van der Waals surface area contributed by atoms with Crippen molar-refractivity contribution in [2.75, 3.05) is 0 Å². The molecule has 62 valence electrons. The van der Waals surface area contributed by atoms with Crippen LogP contribution in [0.2, 0.25) is 0 Å². The maximum absolute atomic E-state index is 11.2. The minimum Gasteiger partial charge on any atom is -0.457 e. The van der Waals surface area contributed by atoms with E-state index in [1.807, 2.05) is 26.0 Å². The molecule has 2 heteroatoms. The van der Waals surface area contributed by atoms with Crippen molar-refractivity contribution in [3.63, 3.8) is 0 Å². The highest BCUT2D eigenvalue weighted by atomic mass is 16.5. The maximum atomic E-state index is 11.2. The van der Waals surface area contributed by atoms with Crippen molar-refractivity contribution in [3.8, 4) is 0 Å². The second-order valence-corrected chi connectivity index (χ2v) is 3.19. The van der Waals surface area contributed by atoms with Crippen molar-refractivity contribution >= 4 is 5.97 Å². The van der Waals surface area contributed by atoms with Crippen molar-refractivity contribution in [1.82, 2.24) is 0 Å². The first kappa shape index (κ1) is 7.35. The number of fused-ring (bicyclic) bond motifs is 1. The molecular weight excluding hydrogens is 152 g/mol. The van der Waals surface area contributed by atoms with E-state index in [-0.39, 0.29) is 5.97 Å². The summed E-state index contributed by atoms with van der Waals surface area (Å²) in [5.41, 5.74) is 4.00. The van der Waals surface area contributed by atoms with Crippen LogP contribution in [-0.2, 0) is 11.3 Å². The Labute approximate surface area is 71.2 Å². The van der Waals surface area contributed by atoms with Gasteiger partial charge >= 0.3 is 5.97 Å². The lowest BCUT2D eigenvalue weighted by Gasteiger charge is -2.00. The summed E-state index contributed by atoms with van der Waals surface area (Å²) in [6.07, 6.45) is 0. The summed E-state index contributed by atoms with van der Waals surface area (Å²) in [4.78, 5) is 11.2. The summed E-state index contributed by atoms with van der Waals surface area (Å²) in [7, 11) is 0. The van der Waals surface area contributed by atoms with Crippen LogP contribution < -0.4 is 0 Å². The lowest BCUT2D eigenvalue weighted by Crippen LogP contribution is -1.97. The quantitative estimate of drug-likeness (QED) is 0.545. The number of benzene rings is 1. The minimum absolute atomic E-state index is 0.178. The van der Waals surface area contributed by atoms with Crippen LogP contribution in [0.25, 0.3) is 0 Å². The van der Waals surface area contributed by atoms with Crippen LogP contribution in [-0.4, -0.2) is 5.97 Å². The van der Waals surface area contributed by atoms with Crippen LogP contribution in [0.4, 0.5) is 0 Å². The van der Waals surface area contributed by atoms with E-state index in [2.05, 4.69) is 0 Å². The molecule has 0 saturated heterocycles. The third-order valence-corrected chi connectivity index (χ3v) is 2.12. The van der Waals surface area contributed by atoms with Crippen molar-refractivity contribution in [3.05, 3.63) is 34.4 Å². The van der Waals surface area contributed by atoms with E-state index in [0.717, 1.165) is 16.7 Å². The first-order valence-corrected chi connectivity index (χ1v) is 3.96. The number of cyclic esters (lactones) is 1. The summed E-state index contributed by atoms with van der Waals surface area (Å²) in [5.74, 6) is -0.178. The lowest BCUT2D eigenvalue weighted by molar-refractivity contribution is 0.0534. The Kier molecular flexibility index (Phi) is 1.43. The van der Waals surface area contributed by atoms with E-state index in [4.69, 9.17) is 4.74 Å². The average molecular weight is 162 g/mol. The Morgan fingerprint density at radius 3 is 2.83 bits per heavy atom. The zero-order valence-electron chi connectivity index (χ0n) is 7.18. The van der Waals surface area contributed by atoms with E-state index >= 15 is 0 Å².